The molecule has 0 aliphatic carbocycles. The van der Waals surface area contributed by atoms with Crippen LogP contribution in [-0.4, -0.2) is 39.1 Å². The van der Waals surface area contributed by atoms with Gasteiger partial charge in [0.15, 0.2) is 0 Å². The van der Waals surface area contributed by atoms with Crippen LogP contribution in [0.25, 0.3) is 16.8 Å². The van der Waals surface area contributed by atoms with Gasteiger partial charge in [0.1, 0.15) is 5.82 Å². The molecule has 0 bridgehead atoms. The van der Waals surface area contributed by atoms with Crippen molar-refractivity contribution in [2.45, 2.75) is 52.5 Å². The Morgan fingerprint density at radius 1 is 1.06 bits per heavy atom. The minimum Gasteiger partial charge on any atom is -0.336 e. The lowest BCUT2D eigenvalue weighted by Gasteiger charge is -2.35. The number of aryl methyl sites for hydroxylation is 1. The summed E-state index contributed by atoms with van der Waals surface area (Å²) in [6, 6.07) is 17.7. The molecule has 1 saturated heterocycles. The first kappa shape index (κ1) is 21.8. The van der Waals surface area contributed by atoms with Gasteiger partial charge in [-0.25, -0.2) is 4.68 Å². The third-order valence-corrected chi connectivity index (χ3v) is 6.14. The van der Waals surface area contributed by atoms with Gasteiger partial charge >= 0.3 is 0 Å². The Kier molecular flexibility index (Phi) is 6.40. The van der Waals surface area contributed by atoms with Crippen molar-refractivity contribution in [1.29, 1.82) is 0 Å². The normalized spacial score (nSPS) is 16.1. The number of hydrogen-bond acceptors (Lipinski definition) is 3. The first-order chi connectivity index (χ1) is 15.5. The molecule has 2 heterocycles. The Hall–Kier alpha value is -3.41. The van der Waals surface area contributed by atoms with Gasteiger partial charge in [-0.3, -0.25) is 9.59 Å². The Labute approximate surface area is 189 Å². The lowest BCUT2D eigenvalue weighted by Crippen LogP contribution is -2.43. The lowest BCUT2D eigenvalue weighted by atomic mass is 9.99. The standard InChI is InChI=1S/C26H30N4O2/c1-4-22-12-8-9-17-29(22)26(32)21-13-15-23(16-14-21)30-25(27-19(3)31)24(18(2)28-30)20-10-6-5-7-11-20/h5-7,10-11,13-16,22H,4,8-9,12,17H2,1-3H3,(H,27,31). The largest absolute Gasteiger partial charge is 0.336 e. The number of carbonyl (C=O) groups excluding carboxylic acids is 2. The third kappa shape index (κ3) is 4.31. The van der Waals surface area contributed by atoms with E-state index in [0.29, 0.717) is 17.4 Å². The Morgan fingerprint density at radius 2 is 1.78 bits per heavy atom. The Balaban J connectivity index is 1.68. The fourth-order valence-corrected chi connectivity index (χ4v) is 4.55. The van der Waals surface area contributed by atoms with E-state index in [1.54, 1.807) is 4.68 Å². The molecule has 4 rings (SSSR count). The molecule has 1 fully saturated rings. The number of carbonyl (C=O) groups is 2. The monoisotopic (exact) mass is 430 g/mol. The fraction of sp³-hybridized carbons (Fsp3) is 0.346. The topological polar surface area (TPSA) is 67.2 Å². The van der Waals surface area contributed by atoms with E-state index in [9.17, 15) is 9.59 Å². The van der Waals surface area contributed by atoms with E-state index in [2.05, 4.69) is 12.2 Å². The SMILES string of the molecule is CCC1CCCCN1C(=O)c1ccc(-n2nc(C)c(-c3ccccc3)c2NC(C)=O)cc1. The number of benzene rings is 2. The number of amides is 2. The molecule has 6 nitrogen and oxygen atoms in total. The maximum absolute atomic E-state index is 13.1. The second-order valence-corrected chi connectivity index (χ2v) is 8.37. The highest BCUT2D eigenvalue weighted by Crippen LogP contribution is 2.33. The van der Waals surface area contributed by atoms with Crippen LogP contribution in [0.5, 0.6) is 0 Å². The average Bonchev–Trinajstić information content (AvgIpc) is 3.14. The predicted octanol–water partition coefficient (Wildman–Crippen LogP) is 5.21. The number of aromatic nitrogens is 2. The summed E-state index contributed by atoms with van der Waals surface area (Å²) in [7, 11) is 0. The van der Waals surface area contributed by atoms with Gasteiger partial charge in [0.05, 0.1) is 11.4 Å². The molecular formula is C26H30N4O2. The molecule has 0 saturated carbocycles. The average molecular weight is 431 g/mol. The molecule has 2 amide bonds. The number of piperidine rings is 1. The zero-order valence-corrected chi connectivity index (χ0v) is 19.0. The molecule has 1 N–H and O–H groups in total. The van der Waals surface area contributed by atoms with Crippen LogP contribution in [0.15, 0.2) is 54.6 Å². The maximum atomic E-state index is 13.1. The van der Waals surface area contributed by atoms with E-state index in [1.165, 1.54) is 13.3 Å². The van der Waals surface area contributed by atoms with E-state index in [1.807, 2.05) is 66.4 Å². The zero-order valence-electron chi connectivity index (χ0n) is 19.0. The van der Waals surface area contributed by atoms with Crippen molar-refractivity contribution in [2.24, 2.45) is 0 Å². The van der Waals surface area contributed by atoms with Gasteiger partial charge in [-0.15, -0.1) is 0 Å². The van der Waals surface area contributed by atoms with Crippen LogP contribution in [0.2, 0.25) is 0 Å². The molecule has 1 aromatic heterocycles. The van der Waals surface area contributed by atoms with Gasteiger partial charge in [-0.1, -0.05) is 37.3 Å². The number of hydrogen-bond donors (Lipinski definition) is 1. The zero-order chi connectivity index (χ0) is 22.7. The summed E-state index contributed by atoms with van der Waals surface area (Å²) in [5, 5.41) is 7.66. The van der Waals surface area contributed by atoms with Crippen LogP contribution >= 0.6 is 0 Å². The number of nitrogens with zero attached hydrogens (tertiary/aromatic N) is 3. The van der Waals surface area contributed by atoms with Crippen LogP contribution in [0.4, 0.5) is 5.82 Å². The molecule has 0 radical (unpaired) electrons. The van der Waals surface area contributed by atoms with Gasteiger partial charge < -0.3 is 10.2 Å². The predicted molar refractivity (Wildman–Crippen MR) is 127 cm³/mol. The highest BCUT2D eigenvalue weighted by Gasteiger charge is 2.26. The summed E-state index contributed by atoms with van der Waals surface area (Å²) >= 11 is 0. The quantitative estimate of drug-likeness (QED) is 0.604. The van der Waals surface area contributed by atoms with Crippen molar-refractivity contribution in [1.82, 2.24) is 14.7 Å². The molecule has 1 atom stereocenters. The number of anilines is 1. The first-order valence-electron chi connectivity index (χ1n) is 11.3. The summed E-state index contributed by atoms with van der Waals surface area (Å²) in [6.45, 7) is 6.40. The maximum Gasteiger partial charge on any atom is 0.254 e. The van der Waals surface area contributed by atoms with Gasteiger partial charge in [0.25, 0.3) is 5.91 Å². The Bertz CT molecular complexity index is 1100. The minimum atomic E-state index is -0.161. The van der Waals surface area contributed by atoms with Gasteiger partial charge in [0, 0.05) is 30.6 Å². The smallest absolute Gasteiger partial charge is 0.254 e. The van der Waals surface area contributed by atoms with Crippen molar-refractivity contribution in [3.8, 4) is 16.8 Å². The minimum absolute atomic E-state index is 0.0896. The second-order valence-electron chi connectivity index (χ2n) is 8.37. The molecule has 2 aromatic carbocycles. The van der Waals surface area contributed by atoms with Crippen LogP contribution < -0.4 is 5.32 Å². The highest BCUT2D eigenvalue weighted by atomic mass is 16.2. The number of likely N-dealkylation sites (tertiary alicyclic amines) is 1. The molecule has 32 heavy (non-hydrogen) atoms. The van der Waals surface area contributed by atoms with Crippen molar-refractivity contribution in [3.05, 3.63) is 65.9 Å². The van der Waals surface area contributed by atoms with Crippen LogP contribution in [0.1, 0.15) is 55.6 Å². The summed E-state index contributed by atoms with van der Waals surface area (Å²) in [4.78, 5) is 27.1. The van der Waals surface area contributed by atoms with Crippen LogP contribution in [0, 0.1) is 6.92 Å². The third-order valence-electron chi connectivity index (χ3n) is 6.14. The molecule has 0 spiro atoms. The van der Waals surface area contributed by atoms with E-state index < -0.39 is 0 Å². The van der Waals surface area contributed by atoms with E-state index in [0.717, 1.165) is 48.3 Å². The molecule has 3 aromatic rings. The summed E-state index contributed by atoms with van der Waals surface area (Å²) in [5.74, 6) is 0.556. The molecule has 1 aliphatic heterocycles. The van der Waals surface area contributed by atoms with Crippen molar-refractivity contribution >= 4 is 17.6 Å². The molecule has 6 heteroatoms. The van der Waals surface area contributed by atoms with Crippen molar-refractivity contribution < 1.29 is 9.59 Å². The van der Waals surface area contributed by atoms with Crippen molar-refractivity contribution in [3.63, 3.8) is 0 Å². The van der Waals surface area contributed by atoms with Crippen molar-refractivity contribution in [2.75, 3.05) is 11.9 Å². The summed E-state index contributed by atoms with van der Waals surface area (Å²) in [6.07, 6.45) is 4.32. The summed E-state index contributed by atoms with van der Waals surface area (Å²) < 4.78 is 1.74. The molecule has 1 unspecified atom stereocenters. The number of nitrogens with one attached hydrogen (secondary N) is 1. The molecule has 166 valence electrons. The van der Waals surface area contributed by atoms with Gasteiger partial charge in [0.2, 0.25) is 5.91 Å². The first-order valence-corrected chi connectivity index (χ1v) is 11.3. The summed E-state index contributed by atoms with van der Waals surface area (Å²) in [5.41, 5.74) is 4.17. The van der Waals surface area contributed by atoms with Crippen LogP contribution in [0.3, 0.4) is 0 Å². The van der Waals surface area contributed by atoms with E-state index in [-0.39, 0.29) is 11.8 Å². The van der Waals surface area contributed by atoms with Gasteiger partial charge in [-0.05, 0) is 62.4 Å². The van der Waals surface area contributed by atoms with E-state index >= 15 is 0 Å². The fourth-order valence-electron chi connectivity index (χ4n) is 4.55. The molecule has 1 aliphatic rings. The highest BCUT2D eigenvalue weighted by molar-refractivity contribution is 5.95. The second kappa shape index (κ2) is 9.39. The van der Waals surface area contributed by atoms with Gasteiger partial charge in [-0.2, -0.15) is 5.10 Å². The van der Waals surface area contributed by atoms with Crippen LogP contribution in [-0.2, 0) is 4.79 Å². The number of rotatable bonds is 5. The Morgan fingerprint density at radius 3 is 2.44 bits per heavy atom. The van der Waals surface area contributed by atoms with E-state index in [4.69, 9.17) is 5.10 Å². The molecular weight excluding hydrogens is 400 g/mol. The lowest BCUT2D eigenvalue weighted by molar-refractivity contribution is -0.114.